The number of halogens is 1. The van der Waals surface area contributed by atoms with Gasteiger partial charge in [0.1, 0.15) is 5.82 Å². The third-order valence-electron chi connectivity index (χ3n) is 4.65. The van der Waals surface area contributed by atoms with Crippen LogP contribution in [0.5, 0.6) is 0 Å². The summed E-state index contributed by atoms with van der Waals surface area (Å²) in [6, 6.07) is 10.9. The lowest BCUT2D eigenvalue weighted by Gasteiger charge is -2.19. The van der Waals surface area contributed by atoms with E-state index in [4.69, 9.17) is 0 Å². The molecule has 1 heterocycles. The van der Waals surface area contributed by atoms with Crippen molar-refractivity contribution in [1.29, 1.82) is 0 Å². The summed E-state index contributed by atoms with van der Waals surface area (Å²) >= 11 is 0. The minimum absolute atomic E-state index is 0.0284. The van der Waals surface area contributed by atoms with Crippen molar-refractivity contribution in [2.75, 3.05) is 13.6 Å². The molecule has 2 aromatic rings. The van der Waals surface area contributed by atoms with Crippen LogP contribution in [0, 0.1) is 12.7 Å². The maximum absolute atomic E-state index is 13.5. The van der Waals surface area contributed by atoms with Gasteiger partial charge in [-0.05, 0) is 49.1 Å². The number of nitrogens with zero attached hydrogens (tertiary/aromatic N) is 2. The Morgan fingerprint density at radius 3 is 2.75 bits per heavy atom. The lowest BCUT2D eigenvalue weighted by Crippen LogP contribution is -2.41. The van der Waals surface area contributed by atoms with Crippen molar-refractivity contribution in [2.45, 2.75) is 31.7 Å². The molecule has 0 aliphatic heterocycles. The minimum Gasteiger partial charge on any atom is -0.356 e. The Morgan fingerprint density at radius 1 is 1.25 bits per heavy atom. The maximum Gasteiger partial charge on any atom is 0.191 e. The highest BCUT2D eigenvalue weighted by Crippen LogP contribution is 2.47. The molecule has 0 unspecified atom stereocenters. The smallest absolute Gasteiger partial charge is 0.191 e. The molecular weight excluding hydrogens is 303 g/mol. The second-order valence-corrected chi connectivity index (χ2v) is 6.34. The summed E-state index contributed by atoms with van der Waals surface area (Å²) in [5.74, 6) is 0.564. The molecule has 24 heavy (non-hydrogen) atoms. The summed E-state index contributed by atoms with van der Waals surface area (Å²) in [5, 5.41) is 6.66. The van der Waals surface area contributed by atoms with Crippen molar-refractivity contribution in [3.63, 3.8) is 0 Å². The highest BCUT2D eigenvalue weighted by Gasteiger charge is 2.44. The van der Waals surface area contributed by atoms with E-state index in [1.54, 1.807) is 25.4 Å². The van der Waals surface area contributed by atoms with Crippen LogP contribution in [0.4, 0.5) is 4.39 Å². The van der Waals surface area contributed by atoms with Gasteiger partial charge < -0.3 is 10.6 Å². The molecule has 4 nitrogen and oxygen atoms in total. The number of aromatic nitrogens is 1. The Bertz CT molecular complexity index is 738. The summed E-state index contributed by atoms with van der Waals surface area (Å²) in [4.78, 5) is 8.64. The molecule has 0 atom stereocenters. The Balaban J connectivity index is 1.58. The molecule has 126 valence electrons. The summed E-state index contributed by atoms with van der Waals surface area (Å²) in [6.45, 7) is 3.42. The molecular formula is C19H23FN4. The van der Waals surface area contributed by atoms with Crippen LogP contribution in [-0.2, 0) is 12.0 Å². The van der Waals surface area contributed by atoms with Gasteiger partial charge in [-0.3, -0.25) is 9.98 Å². The van der Waals surface area contributed by atoms with E-state index < -0.39 is 0 Å². The maximum atomic E-state index is 13.5. The van der Waals surface area contributed by atoms with Gasteiger partial charge in [0.25, 0.3) is 0 Å². The molecule has 1 saturated carbocycles. The fourth-order valence-electron chi connectivity index (χ4n) is 2.88. The highest BCUT2D eigenvalue weighted by atomic mass is 19.1. The van der Waals surface area contributed by atoms with Crippen molar-refractivity contribution in [1.82, 2.24) is 15.6 Å². The van der Waals surface area contributed by atoms with E-state index in [1.807, 2.05) is 25.1 Å². The first-order chi connectivity index (χ1) is 11.6. The van der Waals surface area contributed by atoms with E-state index in [0.717, 1.165) is 42.2 Å². The zero-order valence-corrected chi connectivity index (χ0v) is 14.1. The van der Waals surface area contributed by atoms with E-state index >= 15 is 0 Å². The number of pyridine rings is 1. The van der Waals surface area contributed by atoms with E-state index in [0.29, 0.717) is 6.54 Å². The van der Waals surface area contributed by atoms with Crippen LogP contribution in [0.2, 0.25) is 0 Å². The van der Waals surface area contributed by atoms with Crippen LogP contribution >= 0.6 is 0 Å². The summed E-state index contributed by atoms with van der Waals surface area (Å²) in [5.41, 5.74) is 3.25. The number of hydrogen-bond acceptors (Lipinski definition) is 2. The Hall–Kier alpha value is -2.43. The van der Waals surface area contributed by atoms with Gasteiger partial charge in [-0.25, -0.2) is 4.39 Å². The predicted octanol–water partition coefficient (Wildman–Crippen LogP) is 2.93. The number of aryl methyl sites for hydroxylation is 1. The molecule has 5 heteroatoms. The molecule has 1 aromatic heterocycles. The molecule has 1 aliphatic carbocycles. The van der Waals surface area contributed by atoms with Crippen molar-refractivity contribution in [3.05, 3.63) is 65.2 Å². The number of benzene rings is 1. The second-order valence-electron chi connectivity index (χ2n) is 6.34. The van der Waals surface area contributed by atoms with Crippen LogP contribution in [0.1, 0.15) is 29.7 Å². The lowest BCUT2D eigenvalue weighted by molar-refractivity contribution is 0.607. The fraction of sp³-hybridized carbons (Fsp3) is 0.368. The fourth-order valence-corrected chi connectivity index (χ4v) is 2.88. The molecule has 3 rings (SSSR count). The monoisotopic (exact) mass is 326 g/mol. The van der Waals surface area contributed by atoms with Crippen LogP contribution in [0.15, 0.2) is 47.6 Å². The Morgan fingerprint density at radius 2 is 2.08 bits per heavy atom. The van der Waals surface area contributed by atoms with E-state index in [2.05, 4.69) is 20.6 Å². The van der Waals surface area contributed by atoms with Gasteiger partial charge >= 0.3 is 0 Å². The Kier molecular flexibility index (Phi) is 4.79. The molecule has 1 aliphatic rings. The van der Waals surface area contributed by atoms with Crippen LogP contribution in [-0.4, -0.2) is 24.5 Å². The summed E-state index contributed by atoms with van der Waals surface area (Å²) in [6.07, 6.45) is 3.93. The first-order valence-corrected chi connectivity index (χ1v) is 8.24. The molecule has 0 amide bonds. The van der Waals surface area contributed by atoms with Crippen molar-refractivity contribution >= 4 is 5.96 Å². The molecule has 0 saturated heterocycles. The van der Waals surface area contributed by atoms with Gasteiger partial charge in [0, 0.05) is 25.2 Å². The van der Waals surface area contributed by atoms with E-state index in [9.17, 15) is 4.39 Å². The molecule has 0 radical (unpaired) electrons. The van der Waals surface area contributed by atoms with E-state index in [-0.39, 0.29) is 11.2 Å². The number of aliphatic imine (C=N–C) groups is 1. The van der Waals surface area contributed by atoms with Crippen LogP contribution in [0.3, 0.4) is 0 Å². The lowest BCUT2D eigenvalue weighted by atomic mass is 9.96. The first kappa shape index (κ1) is 16.4. The highest BCUT2D eigenvalue weighted by molar-refractivity contribution is 5.79. The SMILES string of the molecule is CN=C(NCc1ncccc1C)NCC1(c2cccc(F)c2)CC1. The number of hydrogen-bond donors (Lipinski definition) is 2. The average Bonchev–Trinajstić information content (AvgIpc) is 3.38. The molecule has 2 N–H and O–H groups in total. The number of rotatable bonds is 5. The molecule has 0 spiro atoms. The zero-order valence-electron chi connectivity index (χ0n) is 14.1. The zero-order chi connectivity index (χ0) is 17.0. The average molecular weight is 326 g/mol. The molecule has 1 fully saturated rings. The van der Waals surface area contributed by atoms with Gasteiger partial charge in [0.05, 0.1) is 12.2 Å². The number of nitrogens with one attached hydrogen (secondary N) is 2. The second kappa shape index (κ2) is 6.99. The molecule has 1 aromatic carbocycles. The Labute approximate surface area is 142 Å². The third-order valence-corrected chi connectivity index (χ3v) is 4.65. The van der Waals surface area contributed by atoms with Crippen LogP contribution < -0.4 is 10.6 Å². The van der Waals surface area contributed by atoms with Gasteiger partial charge in [-0.1, -0.05) is 18.2 Å². The molecule has 0 bridgehead atoms. The summed E-state index contributed by atoms with van der Waals surface area (Å²) < 4.78 is 13.5. The van der Waals surface area contributed by atoms with Gasteiger partial charge in [-0.2, -0.15) is 0 Å². The third kappa shape index (κ3) is 3.72. The normalized spacial score (nSPS) is 15.9. The van der Waals surface area contributed by atoms with E-state index in [1.165, 1.54) is 6.07 Å². The van der Waals surface area contributed by atoms with Gasteiger partial charge in [-0.15, -0.1) is 0 Å². The first-order valence-electron chi connectivity index (χ1n) is 8.24. The van der Waals surface area contributed by atoms with Crippen molar-refractivity contribution < 1.29 is 4.39 Å². The standard InChI is InChI=1S/C19H23FN4/c1-14-5-4-10-22-17(14)12-23-18(21-2)24-13-19(8-9-19)15-6-3-7-16(20)11-15/h3-7,10-11H,8-9,12-13H2,1-2H3,(H2,21,23,24). The largest absolute Gasteiger partial charge is 0.356 e. The van der Waals surface area contributed by atoms with Crippen molar-refractivity contribution in [3.8, 4) is 0 Å². The predicted molar refractivity (Wildman–Crippen MR) is 94.5 cm³/mol. The topological polar surface area (TPSA) is 49.3 Å². The van der Waals surface area contributed by atoms with Crippen LogP contribution in [0.25, 0.3) is 0 Å². The van der Waals surface area contributed by atoms with Gasteiger partial charge in [0.15, 0.2) is 5.96 Å². The van der Waals surface area contributed by atoms with Crippen molar-refractivity contribution in [2.24, 2.45) is 4.99 Å². The van der Waals surface area contributed by atoms with Gasteiger partial charge in [0.2, 0.25) is 0 Å². The summed E-state index contributed by atoms with van der Waals surface area (Å²) in [7, 11) is 1.75. The minimum atomic E-state index is -0.174. The quantitative estimate of drug-likeness (QED) is 0.656. The number of guanidine groups is 1.